The Balaban J connectivity index is 1.65. The van der Waals surface area contributed by atoms with Crippen molar-refractivity contribution in [2.45, 2.75) is 18.9 Å². The first-order valence-corrected chi connectivity index (χ1v) is 7.54. The largest absolute Gasteiger partial charge is 0.492 e. The predicted molar refractivity (Wildman–Crippen MR) is 81.5 cm³/mol. The van der Waals surface area contributed by atoms with Crippen LogP contribution in [0.2, 0.25) is 5.02 Å². The van der Waals surface area contributed by atoms with E-state index in [0.717, 1.165) is 18.6 Å². The van der Waals surface area contributed by atoms with Crippen molar-refractivity contribution in [3.8, 4) is 5.75 Å². The zero-order valence-corrected chi connectivity index (χ0v) is 12.6. The zero-order valence-electron chi connectivity index (χ0n) is 11.9. The molecule has 1 unspecified atom stereocenters. The van der Waals surface area contributed by atoms with Crippen molar-refractivity contribution in [1.82, 2.24) is 5.32 Å². The number of rotatable bonds is 6. The highest BCUT2D eigenvalue weighted by Crippen LogP contribution is 2.17. The van der Waals surface area contributed by atoms with Crippen molar-refractivity contribution in [1.29, 1.82) is 0 Å². The summed E-state index contributed by atoms with van der Waals surface area (Å²) in [6.07, 6.45) is 1.69. The van der Waals surface area contributed by atoms with Crippen LogP contribution in [-0.4, -0.2) is 38.3 Å². The molecule has 1 heterocycles. The first-order chi connectivity index (χ1) is 10.2. The predicted octanol–water partition coefficient (Wildman–Crippen LogP) is 1.59. The van der Waals surface area contributed by atoms with Gasteiger partial charge in [-0.2, -0.15) is 0 Å². The van der Waals surface area contributed by atoms with Crippen molar-refractivity contribution in [2.75, 3.05) is 26.4 Å². The molecule has 116 valence electrons. The van der Waals surface area contributed by atoms with Gasteiger partial charge in [-0.05, 0) is 43.0 Å². The third-order valence-corrected chi connectivity index (χ3v) is 3.81. The van der Waals surface area contributed by atoms with Gasteiger partial charge in [-0.1, -0.05) is 11.6 Å². The number of benzene rings is 1. The van der Waals surface area contributed by atoms with Crippen molar-refractivity contribution in [2.24, 2.45) is 11.7 Å². The van der Waals surface area contributed by atoms with Gasteiger partial charge in [0, 0.05) is 18.2 Å². The Labute approximate surface area is 129 Å². The summed E-state index contributed by atoms with van der Waals surface area (Å²) >= 11 is 5.79. The topological polar surface area (TPSA) is 73.6 Å². The van der Waals surface area contributed by atoms with Crippen molar-refractivity contribution >= 4 is 17.5 Å². The SMILES string of the molecule is NC(C(=O)NCCOc1ccc(Cl)cc1)C1CCOCC1. The minimum absolute atomic E-state index is 0.124. The van der Waals surface area contributed by atoms with Crippen LogP contribution in [0.4, 0.5) is 0 Å². The maximum Gasteiger partial charge on any atom is 0.237 e. The second kappa shape index (κ2) is 8.22. The molecule has 1 amide bonds. The molecule has 21 heavy (non-hydrogen) atoms. The van der Waals surface area contributed by atoms with Gasteiger partial charge in [0.2, 0.25) is 5.91 Å². The monoisotopic (exact) mass is 312 g/mol. The van der Waals surface area contributed by atoms with Gasteiger partial charge in [0.05, 0.1) is 12.6 Å². The highest BCUT2D eigenvalue weighted by Gasteiger charge is 2.26. The van der Waals surface area contributed by atoms with Crippen LogP contribution in [0.5, 0.6) is 5.75 Å². The fraction of sp³-hybridized carbons (Fsp3) is 0.533. The Morgan fingerprint density at radius 3 is 2.71 bits per heavy atom. The summed E-state index contributed by atoms with van der Waals surface area (Å²) in [4.78, 5) is 11.9. The van der Waals surface area contributed by atoms with Gasteiger partial charge in [-0.3, -0.25) is 4.79 Å². The Morgan fingerprint density at radius 1 is 1.38 bits per heavy atom. The van der Waals surface area contributed by atoms with E-state index in [4.69, 9.17) is 26.8 Å². The number of nitrogens with one attached hydrogen (secondary N) is 1. The second-order valence-electron chi connectivity index (χ2n) is 5.07. The lowest BCUT2D eigenvalue weighted by Crippen LogP contribution is -2.47. The maximum atomic E-state index is 11.9. The van der Waals surface area contributed by atoms with Gasteiger partial charge in [0.1, 0.15) is 12.4 Å². The lowest BCUT2D eigenvalue weighted by molar-refractivity contribution is -0.124. The second-order valence-corrected chi connectivity index (χ2v) is 5.51. The van der Waals surface area contributed by atoms with E-state index in [1.54, 1.807) is 24.3 Å². The van der Waals surface area contributed by atoms with Crippen LogP contribution in [0, 0.1) is 5.92 Å². The van der Waals surface area contributed by atoms with E-state index in [2.05, 4.69) is 5.32 Å². The molecule has 0 saturated carbocycles. The molecular formula is C15H21ClN2O3. The first-order valence-electron chi connectivity index (χ1n) is 7.16. The average Bonchev–Trinajstić information content (AvgIpc) is 2.53. The summed E-state index contributed by atoms with van der Waals surface area (Å²) in [7, 11) is 0. The number of carbonyl (C=O) groups excluding carboxylic acids is 1. The van der Waals surface area contributed by atoms with Crippen LogP contribution >= 0.6 is 11.6 Å². The molecule has 0 bridgehead atoms. The molecule has 6 heteroatoms. The summed E-state index contributed by atoms with van der Waals surface area (Å²) in [5, 5.41) is 3.47. The molecule has 1 saturated heterocycles. The van der Waals surface area contributed by atoms with Crippen molar-refractivity contribution in [3.63, 3.8) is 0 Å². The van der Waals surface area contributed by atoms with E-state index in [1.807, 2.05) is 0 Å². The molecule has 1 aromatic rings. The number of nitrogens with two attached hydrogens (primary N) is 1. The standard InChI is InChI=1S/C15H21ClN2O3/c16-12-1-3-13(4-2-12)21-10-7-18-15(19)14(17)11-5-8-20-9-6-11/h1-4,11,14H,5-10,17H2,(H,18,19). The van der Waals surface area contributed by atoms with Crippen LogP contribution in [0.25, 0.3) is 0 Å². The normalized spacial score (nSPS) is 17.2. The molecule has 0 radical (unpaired) electrons. The van der Waals surface area contributed by atoms with E-state index < -0.39 is 6.04 Å². The fourth-order valence-electron chi connectivity index (χ4n) is 2.28. The highest BCUT2D eigenvalue weighted by atomic mass is 35.5. The maximum absolute atomic E-state index is 11.9. The van der Waals surface area contributed by atoms with E-state index in [-0.39, 0.29) is 11.8 Å². The summed E-state index contributed by atoms with van der Waals surface area (Å²) in [5.74, 6) is 0.805. The van der Waals surface area contributed by atoms with Gasteiger partial charge >= 0.3 is 0 Å². The fourth-order valence-corrected chi connectivity index (χ4v) is 2.41. The Morgan fingerprint density at radius 2 is 2.05 bits per heavy atom. The Kier molecular flexibility index (Phi) is 6.29. The van der Waals surface area contributed by atoms with Gasteiger partial charge < -0.3 is 20.5 Å². The van der Waals surface area contributed by atoms with Crippen molar-refractivity contribution in [3.05, 3.63) is 29.3 Å². The Hall–Kier alpha value is -1.30. The first kappa shape index (κ1) is 16.1. The molecule has 1 atom stereocenters. The quantitative estimate of drug-likeness (QED) is 0.782. The molecule has 0 aromatic heterocycles. The third-order valence-electron chi connectivity index (χ3n) is 3.56. The van der Waals surface area contributed by atoms with E-state index in [1.165, 1.54) is 0 Å². The number of ether oxygens (including phenoxy) is 2. The van der Waals surface area contributed by atoms with Gasteiger partial charge in [0.15, 0.2) is 0 Å². The summed E-state index contributed by atoms with van der Waals surface area (Å²) in [6, 6.07) is 6.63. The molecule has 0 spiro atoms. The van der Waals surface area contributed by atoms with Gasteiger partial charge in [-0.25, -0.2) is 0 Å². The molecule has 3 N–H and O–H groups in total. The number of amides is 1. The Bertz CT molecular complexity index is 447. The van der Waals surface area contributed by atoms with Crippen LogP contribution in [0.3, 0.4) is 0 Å². The molecule has 0 aliphatic carbocycles. The molecule has 1 aromatic carbocycles. The number of carbonyl (C=O) groups is 1. The van der Waals surface area contributed by atoms with E-state index >= 15 is 0 Å². The number of hydrogen-bond acceptors (Lipinski definition) is 4. The summed E-state index contributed by atoms with van der Waals surface area (Å²) in [6.45, 7) is 2.20. The van der Waals surface area contributed by atoms with Crippen LogP contribution in [0.15, 0.2) is 24.3 Å². The number of halogens is 1. The lowest BCUT2D eigenvalue weighted by Gasteiger charge is -2.26. The van der Waals surface area contributed by atoms with Crippen LogP contribution < -0.4 is 15.8 Å². The third kappa shape index (κ3) is 5.19. The lowest BCUT2D eigenvalue weighted by atomic mass is 9.92. The van der Waals surface area contributed by atoms with E-state index in [0.29, 0.717) is 31.4 Å². The molecule has 1 fully saturated rings. The molecule has 1 aliphatic heterocycles. The van der Waals surface area contributed by atoms with Crippen LogP contribution in [0.1, 0.15) is 12.8 Å². The minimum Gasteiger partial charge on any atom is -0.492 e. The highest BCUT2D eigenvalue weighted by molar-refractivity contribution is 6.30. The van der Waals surface area contributed by atoms with Gasteiger partial charge in [0.25, 0.3) is 0 Å². The molecule has 1 aliphatic rings. The smallest absolute Gasteiger partial charge is 0.237 e. The molecular weight excluding hydrogens is 292 g/mol. The number of hydrogen-bond donors (Lipinski definition) is 2. The zero-order chi connectivity index (χ0) is 15.1. The van der Waals surface area contributed by atoms with Gasteiger partial charge in [-0.15, -0.1) is 0 Å². The van der Waals surface area contributed by atoms with Crippen molar-refractivity contribution < 1.29 is 14.3 Å². The van der Waals surface area contributed by atoms with E-state index in [9.17, 15) is 4.79 Å². The van der Waals surface area contributed by atoms with Crippen LogP contribution in [-0.2, 0) is 9.53 Å². The summed E-state index contributed by atoms with van der Waals surface area (Å²) in [5.41, 5.74) is 5.98. The summed E-state index contributed by atoms with van der Waals surface area (Å²) < 4.78 is 10.8. The average molecular weight is 313 g/mol. The molecule has 5 nitrogen and oxygen atoms in total. The molecule has 2 rings (SSSR count). The minimum atomic E-state index is -0.468.